The minimum absolute atomic E-state index is 0.463. The number of rotatable bonds is 9. The Balaban J connectivity index is 5.37. The molecule has 1 atom stereocenters. The van der Waals surface area contributed by atoms with Crippen LogP contribution in [0.15, 0.2) is 34.7 Å². The third-order valence-corrected chi connectivity index (χ3v) is 3.72. The number of unbranched alkanes of at least 4 members (excludes halogenated alkanes) is 1. The van der Waals surface area contributed by atoms with E-state index in [9.17, 15) is 0 Å². The highest BCUT2D eigenvalue weighted by molar-refractivity contribution is 5.42. The average molecular weight is 293 g/mol. The number of allylic oxidation sites excluding steroid dienone is 4. The molecule has 0 aromatic carbocycles. The van der Waals surface area contributed by atoms with Crippen LogP contribution in [0, 0.1) is 5.92 Å². The van der Waals surface area contributed by atoms with E-state index < -0.39 is 0 Å². The Morgan fingerprint density at radius 2 is 1.71 bits per heavy atom. The predicted molar refractivity (Wildman–Crippen MR) is 96.0 cm³/mol. The van der Waals surface area contributed by atoms with Crippen molar-refractivity contribution in [2.75, 3.05) is 0 Å². The van der Waals surface area contributed by atoms with Crippen molar-refractivity contribution in [2.24, 2.45) is 11.7 Å². The second-order valence-electron chi connectivity index (χ2n) is 6.73. The first-order valence-electron chi connectivity index (χ1n) is 8.29. The van der Waals surface area contributed by atoms with Crippen molar-refractivity contribution in [3.63, 3.8) is 0 Å². The molecule has 122 valence electrons. The van der Waals surface area contributed by atoms with Crippen molar-refractivity contribution < 1.29 is 0 Å². The van der Waals surface area contributed by atoms with Gasteiger partial charge in [0.1, 0.15) is 0 Å². The van der Waals surface area contributed by atoms with Gasteiger partial charge in [0.15, 0.2) is 0 Å². The molecule has 0 rings (SSSR count). The summed E-state index contributed by atoms with van der Waals surface area (Å²) < 4.78 is 0. The van der Waals surface area contributed by atoms with E-state index in [1.54, 1.807) is 0 Å². The second-order valence-corrected chi connectivity index (χ2v) is 6.73. The van der Waals surface area contributed by atoms with Crippen molar-refractivity contribution in [3.8, 4) is 0 Å². The van der Waals surface area contributed by atoms with E-state index in [1.807, 2.05) is 6.92 Å². The first-order valence-corrected chi connectivity index (χ1v) is 8.29. The SMILES string of the molecule is C=C(C)/C(NC(C)CCCC)=C(/C)C(CC(C)C)=C(C)N. The van der Waals surface area contributed by atoms with Crippen LogP contribution >= 0.6 is 0 Å². The molecule has 3 N–H and O–H groups in total. The Morgan fingerprint density at radius 1 is 1.14 bits per heavy atom. The zero-order valence-corrected chi connectivity index (χ0v) is 15.3. The molecule has 21 heavy (non-hydrogen) atoms. The fourth-order valence-corrected chi connectivity index (χ4v) is 2.55. The van der Waals surface area contributed by atoms with Gasteiger partial charge in [-0.3, -0.25) is 0 Å². The Hall–Kier alpha value is -1.18. The van der Waals surface area contributed by atoms with Crippen LogP contribution in [0.2, 0.25) is 0 Å². The van der Waals surface area contributed by atoms with Crippen molar-refractivity contribution in [2.45, 2.75) is 80.2 Å². The van der Waals surface area contributed by atoms with Gasteiger partial charge in [0.2, 0.25) is 0 Å². The van der Waals surface area contributed by atoms with Crippen LogP contribution in [-0.2, 0) is 0 Å². The molecule has 0 bridgehead atoms. The predicted octanol–water partition coefficient (Wildman–Crippen LogP) is 5.28. The van der Waals surface area contributed by atoms with Gasteiger partial charge in [0, 0.05) is 17.4 Å². The maximum Gasteiger partial charge on any atom is 0.0399 e. The molecule has 0 heterocycles. The van der Waals surface area contributed by atoms with Gasteiger partial charge in [-0.05, 0) is 63.2 Å². The van der Waals surface area contributed by atoms with Crippen LogP contribution < -0.4 is 11.1 Å². The van der Waals surface area contributed by atoms with E-state index >= 15 is 0 Å². The van der Waals surface area contributed by atoms with E-state index in [0.29, 0.717) is 12.0 Å². The highest BCUT2D eigenvalue weighted by Gasteiger charge is 2.13. The summed E-state index contributed by atoms with van der Waals surface area (Å²) in [5.74, 6) is 0.595. The van der Waals surface area contributed by atoms with E-state index in [1.165, 1.54) is 36.1 Å². The highest BCUT2D eigenvalue weighted by Crippen LogP contribution is 2.25. The van der Waals surface area contributed by atoms with Crippen molar-refractivity contribution in [1.29, 1.82) is 0 Å². The lowest BCUT2D eigenvalue weighted by atomic mass is 9.92. The summed E-state index contributed by atoms with van der Waals surface area (Å²) in [5.41, 5.74) is 11.8. The number of nitrogens with two attached hydrogens (primary N) is 1. The molecule has 0 fully saturated rings. The lowest BCUT2D eigenvalue weighted by Gasteiger charge is -2.23. The molecule has 2 nitrogen and oxygen atoms in total. The van der Waals surface area contributed by atoms with Gasteiger partial charge in [0.25, 0.3) is 0 Å². The lowest BCUT2D eigenvalue weighted by molar-refractivity contribution is 0.539. The molecular weight excluding hydrogens is 256 g/mol. The average Bonchev–Trinajstić information content (AvgIpc) is 2.38. The van der Waals surface area contributed by atoms with E-state index in [0.717, 1.165) is 17.7 Å². The summed E-state index contributed by atoms with van der Waals surface area (Å²) in [5, 5.41) is 3.65. The van der Waals surface area contributed by atoms with E-state index in [4.69, 9.17) is 5.73 Å². The molecular formula is C19H36N2. The van der Waals surface area contributed by atoms with Crippen LogP contribution in [0.4, 0.5) is 0 Å². The fourth-order valence-electron chi connectivity index (χ4n) is 2.55. The number of nitrogens with one attached hydrogen (secondary N) is 1. The van der Waals surface area contributed by atoms with Crippen LogP contribution in [0.5, 0.6) is 0 Å². The maximum atomic E-state index is 6.12. The molecule has 0 aromatic heterocycles. The molecule has 0 aliphatic rings. The number of hydrogen-bond acceptors (Lipinski definition) is 2. The maximum absolute atomic E-state index is 6.12. The summed E-state index contributed by atoms with van der Waals surface area (Å²) in [4.78, 5) is 0. The quantitative estimate of drug-likeness (QED) is 0.567. The smallest absolute Gasteiger partial charge is 0.0399 e. The summed E-state index contributed by atoms with van der Waals surface area (Å²) in [6.45, 7) is 19.3. The first kappa shape index (κ1) is 19.8. The second kappa shape index (κ2) is 9.70. The zero-order chi connectivity index (χ0) is 16.6. The van der Waals surface area contributed by atoms with Crippen LogP contribution in [-0.4, -0.2) is 6.04 Å². The summed E-state index contributed by atoms with van der Waals surface area (Å²) in [6, 6.07) is 0.463. The minimum Gasteiger partial charge on any atom is -0.402 e. The minimum atomic E-state index is 0.463. The third-order valence-electron chi connectivity index (χ3n) is 3.72. The summed E-state index contributed by atoms with van der Waals surface area (Å²) >= 11 is 0. The molecule has 0 aromatic rings. The van der Waals surface area contributed by atoms with Crippen LogP contribution in [0.1, 0.15) is 74.1 Å². The van der Waals surface area contributed by atoms with Crippen molar-refractivity contribution in [1.82, 2.24) is 5.32 Å². The van der Waals surface area contributed by atoms with Gasteiger partial charge in [-0.15, -0.1) is 0 Å². The monoisotopic (exact) mass is 292 g/mol. The Labute approximate surface area is 132 Å². The van der Waals surface area contributed by atoms with Gasteiger partial charge in [-0.25, -0.2) is 0 Å². The van der Waals surface area contributed by atoms with Gasteiger partial charge in [-0.2, -0.15) is 0 Å². The van der Waals surface area contributed by atoms with Crippen LogP contribution in [0.3, 0.4) is 0 Å². The van der Waals surface area contributed by atoms with Gasteiger partial charge in [-0.1, -0.05) is 40.2 Å². The summed E-state index contributed by atoms with van der Waals surface area (Å²) in [6.07, 6.45) is 4.68. The number of hydrogen-bond donors (Lipinski definition) is 2. The molecule has 0 aliphatic carbocycles. The fraction of sp³-hybridized carbons (Fsp3) is 0.684. The van der Waals surface area contributed by atoms with Crippen molar-refractivity contribution >= 4 is 0 Å². The Bertz CT molecular complexity index is 396. The molecule has 1 unspecified atom stereocenters. The molecule has 0 radical (unpaired) electrons. The molecule has 0 aliphatic heterocycles. The Morgan fingerprint density at radius 3 is 2.10 bits per heavy atom. The first-order chi connectivity index (χ1) is 9.70. The largest absolute Gasteiger partial charge is 0.402 e. The van der Waals surface area contributed by atoms with Gasteiger partial charge in [0.05, 0.1) is 0 Å². The Kier molecular flexibility index (Phi) is 9.16. The van der Waals surface area contributed by atoms with Crippen LogP contribution in [0.25, 0.3) is 0 Å². The molecule has 0 saturated carbocycles. The van der Waals surface area contributed by atoms with Gasteiger partial charge >= 0.3 is 0 Å². The summed E-state index contributed by atoms with van der Waals surface area (Å²) in [7, 11) is 0. The molecule has 0 spiro atoms. The molecule has 0 amide bonds. The van der Waals surface area contributed by atoms with E-state index in [-0.39, 0.29) is 0 Å². The normalized spacial score (nSPS) is 15.4. The standard InChI is InChI=1S/C19H36N2/c1-9-10-11-15(6)21-19(14(4)5)16(7)18(17(8)20)12-13(2)3/h13,15,21H,4,9-12,20H2,1-3,5-8H3/b18-17?,19-16+. The van der Waals surface area contributed by atoms with Gasteiger partial charge < -0.3 is 11.1 Å². The van der Waals surface area contributed by atoms with E-state index in [2.05, 4.69) is 53.4 Å². The topological polar surface area (TPSA) is 38.0 Å². The van der Waals surface area contributed by atoms with Crippen molar-refractivity contribution in [3.05, 3.63) is 34.7 Å². The zero-order valence-electron chi connectivity index (χ0n) is 15.3. The lowest BCUT2D eigenvalue weighted by Crippen LogP contribution is -2.27. The highest BCUT2D eigenvalue weighted by atomic mass is 14.9. The third kappa shape index (κ3) is 7.40. The molecule has 0 saturated heterocycles. The molecule has 2 heteroatoms.